The first-order chi connectivity index (χ1) is 14.7. The van der Waals surface area contributed by atoms with Gasteiger partial charge in [-0.25, -0.2) is 9.78 Å². The van der Waals surface area contributed by atoms with Crippen molar-refractivity contribution in [3.8, 4) is 11.6 Å². The van der Waals surface area contributed by atoms with E-state index in [2.05, 4.69) is 10.1 Å². The van der Waals surface area contributed by atoms with Gasteiger partial charge in [-0.2, -0.15) is 4.52 Å². The predicted octanol–water partition coefficient (Wildman–Crippen LogP) is 1.71. The molecule has 5 heterocycles. The van der Waals surface area contributed by atoms with Crippen LogP contribution in [0.5, 0.6) is 0 Å². The molecule has 154 valence electrons. The SMILES string of the molecule is O=C(Cn1c(=O)n2nc(-c3ccco3)nc2c2c3c(sc21)CCC3)N1CCOCC1. The zero-order chi connectivity index (χ0) is 20.2. The van der Waals surface area contributed by atoms with E-state index in [9.17, 15) is 9.59 Å². The molecule has 9 nitrogen and oxygen atoms in total. The Hall–Kier alpha value is -2.98. The summed E-state index contributed by atoms with van der Waals surface area (Å²) in [5, 5.41) is 5.37. The van der Waals surface area contributed by atoms with Gasteiger partial charge in [-0.05, 0) is 37.0 Å². The maximum absolute atomic E-state index is 13.4. The van der Waals surface area contributed by atoms with Gasteiger partial charge in [0, 0.05) is 18.0 Å². The molecule has 4 aromatic rings. The zero-order valence-electron chi connectivity index (χ0n) is 16.2. The Labute approximate surface area is 174 Å². The number of hydrogen-bond acceptors (Lipinski definition) is 7. The lowest BCUT2D eigenvalue weighted by atomic mass is 10.2. The van der Waals surface area contributed by atoms with Crippen LogP contribution in [0.4, 0.5) is 0 Å². The Kier molecular flexibility index (Phi) is 4.03. The van der Waals surface area contributed by atoms with Crippen LogP contribution in [-0.2, 0) is 28.9 Å². The van der Waals surface area contributed by atoms with Gasteiger partial charge in [-0.3, -0.25) is 9.36 Å². The van der Waals surface area contributed by atoms with Gasteiger partial charge in [-0.15, -0.1) is 16.4 Å². The minimum atomic E-state index is -0.357. The second-order valence-electron chi connectivity index (χ2n) is 7.55. The van der Waals surface area contributed by atoms with Crippen LogP contribution in [0.25, 0.3) is 27.4 Å². The summed E-state index contributed by atoms with van der Waals surface area (Å²) in [7, 11) is 0. The van der Waals surface area contributed by atoms with Crippen LogP contribution in [0.3, 0.4) is 0 Å². The molecule has 6 rings (SSSR count). The molecule has 2 aliphatic rings. The molecule has 0 saturated carbocycles. The van der Waals surface area contributed by atoms with Crippen molar-refractivity contribution in [3.05, 3.63) is 39.3 Å². The molecule has 1 saturated heterocycles. The summed E-state index contributed by atoms with van der Waals surface area (Å²) < 4.78 is 13.6. The molecule has 1 amide bonds. The van der Waals surface area contributed by atoms with Crippen molar-refractivity contribution >= 4 is 33.1 Å². The van der Waals surface area contributed by atoms with Crippen LogP contribution >= 0.6 is 11.3 Å². The first kappa shape index (κ1) is 17.8. The summed E-state index contributed by atoms with van der Waals surface area (Å²) in [6.45, 7) is 2.13. The summed E-state index contributed by atoms with van der Waals surface area (Å²) in [6, 6.07) is 3.53. The summed E-state index contributed by atoms with van der Waals surface area (Å²) >= 11 is 1.60. The second kappa shape index (κ2) is 6.78. The smallest absolute Gasteiger partial charge is 0.352 e. The van der Waals surface area contributed by atoms with E-state index in [1.54, 1.807) is 39.2 Å². The van der Waals surface area contributed by atoms with Crippen molar-refractivity contribution in [2.24, 2.45) is 0 Å². The molecule has 0 spiro atoms. The largest absolute Gasteiger partial charge is 0.461 e. The fraction of sp³-hybridized carbons (Fsp3) is 0.400. The third kappa shape index (κ3) is 2.63. The molecular weight excluding hydrogens is 406 g/mol. The number of amides is 1. The summed E-state index contributed by atoms with van der Waals surface area (Å²) in [5.41, 5.74) is 1.41. The number of thiophene rings is 1. The molecule has 0 unspecified atom stereocenters. The predicted molar refractivity (Wildman–Crippen MR) is 110 cm³/mol. The van der Waals surface area contributed by atoms with E-state index in [0.717, 1.165) is 29.5 Å². The van der Waals surface area contributed by atoms with Crippen LogP contribution in [-0.4, -0.2) is 56.3 Å². The Morgan fingerprint density at radius 3 is 2.90 bits per heavy atom. The fourth-order valence-electron chi connectivity index (χ4n) is 4.32. The molecule has 0 radical (unpaired) electrons. The molecule has 0 bridgehead atoms. The van der Waals surface area contributed by atoms with Gasteiger partial charge in [0.25, 0.3) is 0 Å². The third-order valence-electron chi connectivity index (χ3n) is 5.79. The minimum Gasteiger partial charge on any atom is -0.461 e. The van der Waals surface area contributed by atoms with Crippen LogP contribution in [0.15, 0.2) is 27.6 Å². The van der Waals surface area contributed by atoms with Gasteiger partial charge in [-0.1, -0.05) is 0 Å². The van der Waals surface area contributed by atoms with Crippen molar-refractivity contribution in [1.82, 2.24) is 24.1 Å². The number of morpholine rings is 1. The molecule has 1 aliphatic carbocycles. The summed E-state index contributed by atoms with van der Waals surface area (Å²) in [5.74, 6) is 0.795. The first-order valence-corrected chi connectivity index (χ1v) is 10.9. The monoisotopic (exact) mass is 425 g/mol. The highest BCUT2D eigenvalue weighted by Gasteiger charge is 2.27. The van der Waals surface area contributed by atoms with Gasteiger partial charge in [0.1, 0.15) is 11.4 Å². The molecule has 10 heteroatoms. The van der Waals surface area contributed by atoms with E-state index >= 15 is 0 Å². The highest BCUT2D eigenvalue weighted by molar-refractivity contribution is 7.19. The first-order valence-electron chi connectivity index (χ1n) is 10.0. The fourth-order valence-corrected chi connectivity index (χ4v) is 5.69. The lowest BCUT2D eigenvalue weighted by Gasteiger charge is -2.27. The van der Waals surface area contributed by atoms with Crippen molar-refractivity contribution in [2.45, 2.75) is 25.8 Å². The maximum Gasteiger partial charge on any atom is 0.352 e. The number of nitrogens with zero attached hydrogens (tertiary/aromatic N) is 5. The number of carbonyl (C=O) groups is 1. The number of aryl methyl sites for hydroxylation is 2. The van der Waals surface area contributed by atoms with Gasteiger partial charge in [0.05, 0.1) is 24.9 Å². The van der Waals surface area contributed by atoms with Gasteiger partial charge in [0.2, 0.25) is 11.7 Å². The summed E-state index contributed by atoms with van der Waals surface area (Å²) in [6.07, 6.45) is 4.58. The number of ether oxygens (including phenoxy) is 1. The molecule has 0 atom stereocenters. The molecular formula is C20H19N5O4S. The topological polar surface area (TPSA) is 94.9 Å². The van der Waals surface area contributed by atoms with Crippen LogP contribution in [0, 0.1) is 0 Å². The van der Waals surface area contributed by atoms with Crippen LogP contribution < -0.4 is 5.69 Å². The minimum absolute atomic E-state index is 0.0133. The van der Waals surface area contributed by atoms with E-state index in [1.165, 1.54) is 15.0 Å². The van der Waals surface area contributed by atoms with Crippen LogP contribution in [0.1, 0.15) is 16.9 Å². The maximum atomic E-state index is 13.4. The number of hydrogen-bond donors (Lipinski definition) is 0. The van der Waals surface area contributed by atoms with Crippen molar-refractivity contribution in [2.75, 3.05) is 26.3 Å². The molecule has 0 N–H and O–H groups in total. The Morgan fingerprint density at radius 2 is 2.10 bits per heavy atom. The normalized spacial score (nSPS) is 16.6. The lowest BCUT2D eigenvalue weighted by molar-refractivity contribution is -0.135. The van der Waals surface area contributed by atoms with E-state index in [1.807, 2.05) is 0 Å². The highest BCUT2D eigenvalue weighted by atomic mass is 32.1. The third-order valence-corrected chi connectivity index (χ3v) is 7.10. The van der Waals surface area contributed by atoms with Crippen molar-refractivity contribution < 1.29 is 13.9 Å². The lowest BCUT2D eigenvalue weighted by Crippen LogP contribution is -2.44. The molecule has 1 fully saturated rings. The summed E-state index contributed by atoms with van der Waals surface area (Å²) in [4.78, 5) is 34.8. The highest BCUT2D eigenvalue weighted by Crippen LogP contribution is 2.38. The Morgan fingerprint density at radius 1 is 1.23 bits per heavy atom. The molecule has 30 heavy (non-hydrogen) atoms. The average Bonchev–Trinajstić information content (AvgIpc) is 3.54. The number of aromatic nitrogens is 4. The van der Waals surface area contributed by atoms with Crippen molar-refractivity contribution in [1.29, 1.82) is 0 Å². The van der Waals surface area contributed by atoms with E-state index in [4.69, 9.17) is 9.15 Å². The number of rotatable bonds is 3. The number of furan rings is 1. The molecule has 4 aromatic heterocycles. The Bertz CT molecular complexity index is 1330. The van der Waals surface area contributed by atoms with Gasteiger partial charge in [0.15, 0.2) is 11.4 Å². The standard InChI is InChI=1S/C20H19N5O4S/c26-15(23-6-9-28-10-7-23)11-24-19-16(12-3-1-5-14(12)30-19)18-21-17(13-4-2-8-29-13)22-25(18)20(24)27/h2,4,8H,1,3,5-7,9-11H2. The van der Waals surface area contributed by atoms with E-state index < -0.39 is 0 Å². The average molecular weight is 425 g/mol. The van der Waals surface area contributed by atoms with Crippen LogP contribution in [0.2, 0.25) is 0 Å². The van der Waals surface area contributed by atoms with Gasteiger partial charge >= 0.3 is 5.69 Å². The second-order valence-corrected chi connectivity index (χ2v) is 8.63. The zero-order valence-corrected chi connectivity index (χ0v) is 17.0. The molecule has 1 aliphatic heterocycles. The Balaban J connectivity index is 1.55. The number of carbonyl (C=O) groups excluding carboxylic acids is 1. The van der Waals surface area contributed by atoms with Crippen molar-refractivity contribution in [3.63, 3.8) is 0 Å². The van der Waals surface area contributed by atoms with E-state index in [-0.39, 0.29) is 18.1 Å². The van der Waals surface area contributed by atoms with E-state index in [0.29, 0.717) is 43.5 Å². The van der Waals surface area contributed by atoms with Gasteiger partial charge < -0.3 is 14.1 Å². The number of fused-ring (bicyclic) bond motifs is 5. The quantitative estimate of drug-likeness (QED) is 0.496. The molecule has 0 aromatic carbocycles.